The molecule has 1 atom stereocenters. The van der Waals surface area contributed by atoms with Crippen LogP contribution in [0.3, 0.4) is 0 Å². The number of hydrogen-bond acceptors (Lipinski definition) is 5. The summed E-state index contributed by atoms with van der Waals surface area (Å²) in [7, 11) is 3.65. The average molecular weight is 503 g/mol. The van der Waals surface area contributed by atoms with Crippen molar-refractivity contribution in [3.8, 4) is 0 Å². The molecular formula is C18H30IN7O2. The van der Waals surface area contributed by atoms with Crippen molar-refractivity contribution in [3.05, 3.63) is 12.4 Å². The van der Waals surface area contributed by atoms with Crippen LogP contribution < -0.4 is 15.5 Å². The van der Waals surface area contributed by atoms with Gasteiger partial charge in [-0.3, -0.25) is 24.2 Å². The summed E-state index contributed by atoms with van der Waals surface area (Å²) in [4.78, 5) is 31.7. The van der Waals surface area contributed by atoms with E-state index in [9.17, 15) is 9.59 Å². The zero-order valence-corrected chi connectivity index (χ0v) is 18.9. The zero-order chi connectivity index (χ0) is 19.2. The Morgan fingerprint density at radius 3 is 2.68 bits per heavy atom. The summed E-state index contributed by atoms with van der Waals surface area (Å²) in [5.41, 5.74) is 1.13. The number of piperidine rings is 2. The van der Waals surface area contributed by atoms with E-state index in [1.54, 1.807) is 7.05 Å². The second kappa shape index (κ2) is 10.6. The summed E-state index contributed by atoms with van der Waals surface area (Å²) in [6.45, 7) is 2.78. The van der Waals surface area contributed by atoms with Gasteiger partial charge in [-0.1, -0.05) is 0 Å². The minimum atomic E-state index is -0.0737. The first-order valence-corrected chi connectivity index (χ1v) is 9.61. The maximum Gasteiger partial charge on any atom is 0.229 e. The Morgan fingerprint density at radius 1 is 1.29 bits per heavy atom. The maximum absolute atomic E-state index is 11.9. The predicted molar refractivity (Wildman–Crippen MR) is 119 cm³/mol. The van der Waals surface area contributed by atoms with Gasteiger partial charge in [0.15, 0.2) is 5.96 Å². The molecule has 28 heavy (non-hydrogen) atoms. The molecule has 0 bridgehead atoms. The fourth-order valence-electron chi connectivity index (χ4n) is 3.62. The third kappa shape index (κ3) is 5.82. The number of imide groups is 1. The predicted octanol–water partition coefficient (Wildman–Crippen LogP) is 0.711. The molecule has 2 aliphatic rings. The van der Waals surface area contributed by atoms with Crippen LogP contribution >= 0.6 is 24.0 Å². The molecular weight excluding hydrogens is 473 g/mol. The molecule has 3 rings (SSSR count). The molecule has 2 amide bonds. The molecule has 2 fully saturated rings. The fraction of sp³-hybridized carbons (Fsp3) is 0.667. The SMILES string of the molecule is CN=C(NCCN1C(=O)CCCC1=O)NC1CCCN(c2cnn(C)c2)C1.I. The van der Waals surface area contributed by atoms with Crippen molar-refractivity contribution < 1.29 is 9.59 Å². The highest BCUT2D eigenvalue weighted by atomic mass is 127. The molecule has 1 unspecified atom stereocenters. The van der Waals surface area contributed by atoms with Gasteiger partial charge in [0.2, 0.25) is 11.8 Å². The van der Waals surface area contributed by atoms with Gasteiger partial charge in [-0.15, -0.1) is 24.0 Å². The number of guanidine groups is 1. The number of aliphatic imine (C=N–C) groups is 1. The van der Waals surface area contributed by atoms with Crippen LogP contribution in [-0.2, 0) is 16.6 Å². The minimum Gasteiger partial charge on any atom is -0.367 e. The molecule has 2 N–H and O–H groups in total. The molecule has 2 aliphatic heterocycles. The van der Waals surface area contributed by atoms with E-state index < -0.39 is 0 Å². The highest BCUT2D eigenvalue weighted by Crippen LogP contribution is 2.19. The molecule has 156 valence electrons. The van der Waals surface area contributed by atoms with Crippen LogP contribution in [-0.4, -0.2) is 71.7 Å². The number of anilines is 1. The molecule has 9 nitrogen and oxygen atoms in total. The number of amides is 2. The first-order chi connectivity index (χ1) is 13.1. The second-order valence-electron chi connectivity index (χ2n) is 7.09. The van der Waals surface area contributed by atoms with Gasteiger partial charge in [0, 0.05) is 65.4 Å². The topological polar surface area (TPSA) is 94.9 Å². The first-order valence-electron chi connectivity index (χ1n) is 9.61. The third-order valence-corrected chi connectivity index (χ3v) is 5.05. The molecule has 1 aromatic heterocycles. The molecule has 0 aromatic carbocycles. The highest BCUT2D eigenvalue weighted by Gasteiger charge is 2.25. The number of aromatic nitrogens is 2. The van der Waals surface area contributed by atoms with Crippen molar-refractivity contribution in [1.82, 2.24) is 25.3 Å². The van der Waals surface area contributed by atoms with Crippen molar-refractivity contribution in [2.75, 3.05) is 38.1 Å². The summed E-state index contributed by atoms with van der Waals surface area (Å²) in [5.74, 6) is 0.552. The molecule has 3 heterocycles. The summed E-state index contributed by atoms with van der Waals surface area (Å²) < 4.78 is 1.82. The number of likely N-dealkylation sites (tertiary alicyclic amines) is 1. The van der Waals surface area contributed by atoms with Crippen LogP contribution in [0.2, 0.25) is 0 Å². The number of halogens is 1. The van der Waals surface area contributed by atoms with Crippen molar-refractivity contribution >= 4 is 47.4 Å². The van der Waals surface area contributed by atoms with E-state index in [0.717, 1.165) is 31.6 Å². The van der Waals surface area contributed by atoms with Gasteiger partial charge in [-0.2, -0.15) is 5.10 Å². The van der Waals surface area contributed by atoms with E-state index in [0.29, 0.717) is 38.3 Å². The molecule has 0 spiro atoms. The largest absolute Gasteiger partial charge is 0.367 e. The van der Waals surface area contributed by atoms with Gasteiger partial charge in [0.25, 0.3) is 0 Å². The maximum atomic E-state index is 11.9. The van der Waals surface area contributed by atoms with Crippen LogP contribution in [0.25, 0.3) is 0 Å². The van der Waals surface area contributed by atoms with Crippen LogP contribution in [0.1, 0.15) is 32.1 Å². The Morgan fingerprint density at radius 2 is 2.04 bits per heavy atom. The van der Waals surface area contributed by atoms with Crippen molar-refractivity contribution in [2.24, 2.45) is 12.0 Å². The molecule has 0 saturated carbocycles. The lowest BCUT2D eigenvalue weighted by Gasteiger charge is -2.34. The summed E-state index contributed by atoms with van der Waals surface area (Å²) >= 11 is 0. The lowest BCUT2D eigenvalue weighted by molar-refractivity contribution is -0.147. The highest BCUT2D eigenvalue weighted by molar-refractivity contribution is 14.0. The number of rotatable bonds is 5. The number of aryl methyl sites for hydroxylation is 1. The van der Waals surface area contributed by atoms with Crippen LogP contribution in [0.5, 0.6) is 0 Å². The van der Waals surface area contributed by atoms with E-state index in [1.165, 1.54) is 4.90 Å². The standard InChI is InChI=1S/C18H29N7O2.HI/c1-19-18(20-8-10-25-16(26)6-3-7-17(25)27)22-14-5-4-9-24(12-14)15-11-21-23(2)13-15;/h11,13-14H,3-10,12H2,1-2H3,(H2,19,20,22);1H. The monoisotopic (exact) mass is 503 g/mol. The Bertz CT molecular complexity index is 690. The average Bonchev–Trinajstić information content (AvgIpc) is 3.10. The molecule has 10 heteroatoms. The van der Waals surface area contributed by atoms with E-state index in [2.05, 4.69) is 25.6 Å². The van der Waals surface area contributed by atoms with Crippen LogP contribution in [0, 0.1) is 0 Å². The Balaban J connectivity index is 0.00000280. The Hall–Kier alpha value is -1.85. The number of carbonyl (C=O) groups excluding carboxylic acids is 2. The summed E-state index contributed by atoms with van der Waals surface area (Å²) in [6.07, 6.45) is 7.68. The number of carbonyl (C=O) groups is 2. The van der Waals surface area contributed by atoms with E-state index >= 15 is 0 Å². The van der Waals surface area contributed by atoms with Gasteiger partial charge in [-0.05, 0) is 19.3 Å². The quantitative estimate of drug-likeness (QED) is 0.266. The van der Waals surface area contributed by atoms with Gasteiger partial charge in [-0.25, -0.2) is 0 Å². The Labute approximate surface area is 182 Å². The molecule has 1 aromatic rings. The minimum absolute atomic E-state index is 0. The van der Waals surface area contributed by atoms with Crippen molar-refractivity contribution in [1.29, 1.82) is 0 Å². The number of nitrogens with zero attached hydrogens (tertiary/aromatic N) is 5. The zero-order valence-electron chi connectivity index (χ0n) is 16.6. The summed E-state index contributed by atoms with van der Waals surface area (Å²) in [6, 6.07) is 0.281. The van der Waals surface area contributed by atoms with E-state index in [-0.39, 0.29) is 41.8 Å². The normalized spacial score (nSPS) is 20.8. The number of hydrogen-bond donors (Lipinski definition) is 2. The van der Waals surface area contributed by atoms with Crippen molar-refractivity contribution in [3.63, 3.8) is 0 Å². The summed E-state index contributed by atoms with van der Waals surface area (Å²) in [5, 5.41) is 10.9. The lowest BCUT2D eigenvalue weighted by Crippen LogP contribution is -2.52. The van der Waals surface area contributed by atoms with Gasteiger partial charge in [0.1, 0.15) is 0 Å². The number of nitrogens with one attached hydrogen (secondary N) is 2. The van der Waals surface area contributed by atoms with E-state index in [1.807, 2.05) is 24.1 Å². The van der Waals surface area contributed by atoms with Gasteiger partial charge < -0.3 is 15.5 Å². The molecule has 0 aliphatic carbocycles. The fourth-order valence-corrected chi connectivity index (χ4v) is 3.62. The van der Waals surface area contributed by atoms with Crippen LogP contribution in [0.15, 0.2) is 17.4 Å². The smallest absolute Gasteiger partial charge is 0.229 e. The molecule has 2 saturated heterocycles. The van der Waals surface area contributed by atoms with Gasteiger partial charge >= 0.3 is 0 Å². The van der Waals surface area contributed by atoms with E-state index in [4.69, 9.17) is 0 Å². The lowest BCUT2D eigenvalue weighted by atomic mass is 10.1. The van der Waals surface area contributed by atoms with Gasteiger partial charge in [0.05, 0.1) is 11.9 Å². The third-order valence-electron chi connectivity index (χ3n) is 5.05. The second-order valence-corrected chi connectivity index (χ2v) is 7.09. The molecule has 0 radical (unpaired) electrons. The van der Waals surface area contributed by atoms with Crippen LogP contribution in [0.4, 0.5) is 5.69 Å². The van der Waals surface area contributed by atoms with Crippen molar-refractivity contribution in [2.45, 2.75) is 38.1 Å². The Kier molecular flexibility index (Phi) is 8.52. The first kappa shape index (κ1) is 22.4.